The van der Waals surface area contributed by atoms with Gasteiger partial charge < -0.3 is 14.5 Å². The van der Waals surface area contributed by atoms with Crippen LogP contribution in [0.25, 0.3) is 11.1 Å². The highest BCUT2D eigenvalue weighted by Gasteiger charge is 2.33. The first-order valence-electron chi connectivity index (χ1n) is 14.2. The van der Waals surface area contributed by atoms with Gasteiger partial charge in [0.15, 0.2) is 0 Å². The smallest absolute Gasteiger partial charge is 0.410 e. The Morgan fingerprint density at radius 1 is 1.20 bits per heavy atom. The van der Waals surface area contributed by atoms with Crippen molar-refractivity contribution in [2.75, 3.05) is 19.6 Å². The van der Waals surface area contributed by atoms with Crippen molar-refractivity contribution in [3.05, 3.63) is 90.1 Å². The Balaban J connectivity index is 1.69. The molecule has 4 rings (SSSR count). The monoisotopic (exact) mass is 541 g/mol. The van der Waals surface area contributed by atoms with Gasteiger partial charge in [0, 0.05) is 68.4 Å². The molecule has 2 aliphatic rings. The second-order valence-corrected chi connectivity index (χ2v) is 11.3. The van der Waals surface area contributed by atoms with E-state index in [0.717, 1.165) is 52.1 Å². The zero-order valence-electron chi connectivity index (χ0n) is 24.9. The number of aliphatic imine (C=N–C) groups is 1. The maximum Gasteiger partial charge on any atom is 0.410 e. The van der Waals surface area contributed by atoms with Gasteiger partial charge in [-0.15, -0.1) is 0 Å². The van der Waals surface area contributed by atoms with Gasteiger partial charge in [0.25, 0.3) is 0 Å². The summed E-state index contributed by atoms with van der Waals surface area (Å²) in [6, 6.07) is 10.6. The number of hydrogen-bond acceptors (Lipinski definition) is 5. The molecule has 0 bridgehead atoms. The van der Waals surface area contributed by atoms with Crippen molar-refractivity contribution < 1.29 is 9.53 Å². The van der Waals surface area contributed by atoms with E-state index < -0.39 is 5.60 Å². The number of aromatic nitrogens is 2. The molecule has 1 aromatic heterocycles. The van der Waals surface area contributed by atoms with Crippen LogP contribution in [0.15, 0.2) is 83.9 Å². The zero-order chi connectivity index (χ0) is 28.9. The van der Waals surface area contributed by atoms with Crippen LogP contribution in [0.5, 0.6) is 0 Å². The highest BCUT2D eigenvalue weighted by atomic mass is 16.6. The second kappa shape index (κ2) is 12.5. The molecule has 1 atom stereocenters. The Hall–Kier alpha value is -3.87. The Morgan fingerprint density at radius 2 is 1.95 bits per heavy atom. The number of amides is 1. The van der Waals surface area contributed by atoms with E-state index in [2.05, 4.69) is 73.8 Å². The fourth-order valence-electron chi connectivity index (χ4n) is 5.74. The SMILES string of the molecule is C=CN=C1CC(c2cnn(C)c2)=CC=C(c2ccccc2)/C1=C(/C)N1CCN(C(=O)OC(C)(C)CCC)C[C@@H]1C. The molecule has 0 radical (unpaired) electrons. The van der Waals surface area contributed by atoms with Gasteiger partial charge in [-0.1, -0.05) is 62.4 Å². The predicted molar refractivity (Wildman–Crippen MR) is 164 cm³/mol. The van der Waals surface area contributed by atoms with Crippen LogP contribution >= 0.6 is 0 Å². The number of nitrogens with zero attached hydrogens (tertiary/aromatic N) is 5. The van der Waals surface area contributed by atoms with Gasteiger partial charge in [0.1, 0.15) is 5.60 Å². The summed E-state index contributed by atoms with van der Waals surface area (Å²) in [7, 11) is 1.93. The lowest BCUT2D eigenvalue weighted by Crippen LogP contribution is -2.54. The molecular formula is C33H43N5O2. The minimum atomic E-state index is -0.463. The molecular weight excluding hydrogens is 498 g/mol. The van der Waals surface area contributed by atoms with Crippen LogP contribution in [0, 0.1) is 0 Å². The minimum absolute atomic E-state index is 0.110. The summed E-state index contributed by atoms with van der Waals surface area (Å²) in [6.45, 7) is 16.3. The lowest BCUT2D eigenvalue weighted by atomic mass is 9.90. The van der Waals surface area contributed by atoms with Crippen molar-refractivity contribution in [2.24, 2.45) is 12.0 Å². The van der Waals surface area contributed by atoms with Crippen LogP contribution in [-0.2, 0) is 11.8 Å². The van der Waals surface area contributed by atoms with Crippen LogP contribution in [0.4, 0.5) is 4.79 Å². The average Bonchev–Trinajstić information content (AvgIpc) is 3.26. The summed E-state index contributed by atoms with van der Waals surface area (Å²) in [4.78, 5) is 22.1. The van der Waals surface area contributed by atoms with Gasteiger partial charge in [-0.3, -0.25) is 9.67 Å². The van der Waals surface area contributed by atoms with E-state index in [1.165, 1.54) is 0 Å². The number of benzene rings is 1. The number of ether oxygens (including phenoxy) is 1. The average molecular weight is 542 g/mol. The summed E-state index contributed by atoms with van der Waals surface area (Å²) in [6.07, 6.45) is 12.2. The van der Waals surface area contributed by atoms with Crippen LogP contribution in [-0.4, -0.2) is 62.7 Å². The molecule has 1 aromatic carbocycles. The number of piperazine rings is 1. The Labute approximate surface area is 239 Å². The number of allylic oxidation sites excluding steroid dienone is 6. The molecule has 40 heavy (non-hydrogen) atoms. The Morgan fingerprint density at radius 3 is 2.58 bits per heavy atom. The number of carbonyl (C=O) groups excluding carboxylic acids is 1. The van der Waals surface area contributed by atoms with Crippen molar-refractivity contribution in [1.82, 2.24) is 19.6 Å². The fraction of sp³-hybridized carbons (Fsp3) is 0.424. The fourth-order valence-corrected chi connectivity index (χ4v) is 5.74. The molecule has 1 saturated heterocycles. The van der Waals surface area contributed by atoms with Gasteiger partial charge in [-0.05, 0) is 50.8 Å². The molecule has 0 saturated carbocycles. The highest BCUT2D eigenvalue weighted by Crippen LogP contribution is 2.36. The molecule has 1 fully saturated rings. The quantitative estimate of drug-likeness (QED) is 0.384. The van der Waals surface area contributed by atoms with Crippen molar-refractivity contribution >= 4 is 23.0 Å². The first kappa shape index (κ1) is 29.1. The first-order valence-corrected chi connectivity index (χ1v) is 14.2. The third-order valence-electron chi connectivity index (χ3n) is 7.67. The molecule has 7 heteroatoms. The molecule has 2 aromatic rings. The van der Waals surface area contributed by atoms with E-state index in [9.17, 15) is 4.79 Å². The molecule has 1 aliphatic heterocycles. The molecule has 0 spiro atoms. The van der Waals surface area contributed by atoms with Crippen molar-refractivity contribution in [1.29, 1.82) is 0 Å². The number of aryl methyl sites for hydroxylation is 1. The molecule has 7 nitrogen and oxygen atoms in total. The zero-order valence-corrected chi connectivity index (χ0v) is 24.9. The van der Waals surface area contributed by atoms with Gasteiger partial charge in [0.2, 0.25) is 0 Å². The summed E-state index contributed by atoms with van der Waals surface area (Å²) in [5.74, 6) is 0. The van der Waals surface area contributed by atoms with Crippen molar-refractivity contribution in [3.63, 3.8) is 0 Å². The lowest BCUT2D eigenvalue weighted by molar-refractivity contribution is -0.00380. The van der Waals surface area contributed by atoms with Crippen molar-refractivity contribution in [2.45, 2.75) is 65.5 Å². The van der Waals surface area contributed by atoms with E-state index in [1.54, 1.807) is 6.20 Å². The van der Waals surface area contributed by atoms with Crippen LogP contribution in [0.2, 0.25) is 0 Å². The Bertz CT molecular complexity index is 1350. The lowest BCUT2D eigenvalue weighted by Gasteiger charge is -2.43. The topological polar surface area (TPSA) is 63.0 Å². The van der Waals surface area contributed by atoms with Gasteiger partial charge in [-0.25, -0.2) is 4.79 Å². The third-order valence-corrected chi connectivity index (χ3v) is 7.67. The maximum absolute atomic E-state index is 13.0. The molecule has 0 unspecified atom stereocenters. The first-order chi connectivity index (χ1) is 19.1. The van der Waals surface area contributed by atoms with E-state index in [1.807, 2.05) is 48.9 Å². The van der Waals surface area contributed by atoms with E-state index >= 15 is 0 Å². The number of carbonyl (C=O) groups is 1. The van der Waals surface area contributed by atoms with Gasteiger partial charge >= 0.3 is 6.09 Å². The number of hydrogen-bond donors (Lipinski definition) is 0. The number of rotatable bonds is 7. The van der Waals surface area contributed by atoms with E-state index in [0.29, 0.717) is 26.1 Å². The highest BCUT2D eigenvalue weighted by molar-refractivity contribution is 6.18. The van der Waals surface area contributed by atoms with Gasteiger partial charge in [0.05, 0.1) is 11.9 Å². The minimum Gasteiger partial charge on any atom is -0.443 e. The summed E-state index contributed by atoms with van der Waals surface area (Å²) < 4.78 is 7.70. The van der Waals surface area contributed by atoms with Gasteiger partial charge in [-0.2, -0.15) is 5.10 Å². The molecule has 212 valence electrons. The normalized spacial score (nSPS) is 20.6. The van der Waals surface area contributed by atoms with Crippen molar-refractivity contribution in [3.8, 4) is 0 Å². The molecule has 1 amide bonds. The largest absolute Gasteiger partial charge is 0.443 e. The molecule has 1 aliphatic carbocycles. The summed E-state index contributed by atoms with van der Waals surface area (Å²) in [5, 5.41) is 4.39. The van der Waals surface area contributed by atoms with Crippen LogP contribution in [0.3, 0.4) is 0 Å². The van der Waals surface area contributed by atoms with E-state index in [-0.39, 0.29) is 12.1 Å². The standard InChI is InChI=1S/C33H43N5O2/c1-8-17-33(5,6)40-32(39)37-18-19-38(24(3)22-37)25(4)31-29(26-13-11-10-12-14-26)16-15-27(20-30(31)34-9-2)28-21-35-36(7)23-28/h9-16,21,23-24H,2,8,17-20,22H2,1,3-7H3/b31-25+,34-30?/t24-/m0/s1. The second-order valence-electron chi connectivity index (χ2n) is 11.3. The van der Waals surface area contributed by atoms with Crippen LogP contribution in [0.1, 0.15) is 65.0 Å². The summed E-state index contributed by atoms with van der Waals surface area (Å²) in [5.41, 5.74) is 7.23. The van der Waals surface area contributed by atoms with E-state index in [4.69, 9.17) is 9.73 Å². The molecule has 2 heterocycles. The predicted octanol–water partition coefficient (Wildman–Crippen LogP) is 6.87. The third kappa shape index (κ3) is 6.64. The maximum atomic E-state index is 13.0. The molecule has 0 N–H and O–H groups in total. The Kier molecular flexibility index (Phi) is 9.13. The summed E-state index contributed by atoms with van der Waals surface area (Å²) >= 11 is 0. The van der Waals surface area contributed by atoms with Crippen LogP contribution < -0.4 is 0 Å².